The van der Waals surface area contributed by atoms with Crippen LogP contribution < -0.4 is 4.74 Å². The van der Waals surface area contributed by atoms with E-state index in [1.165, 1.54) is 25.3 Å². The Morgan fingerprint density at radius 1 is 1.22 bits per heavy atom. The zero-order valence-corrected chi connectivity index (χ0v) is 10.5. The number of hydrogen-bond acceptors (Lipinski definition) is 3. The second kappa shape index (κ2) is 4.82. The maximum Gasteiger partial charge on any atom is 0.125 e. The van der Waals surface area contributed by atoms with Crippen LogP contribution in [-0.2, 0) is 0 Å². The summed E-state index contributed by atoms with van der Waals surface area (Å²) in [6.45, 7) is 3.56. The molecule has 2 rings (SSSR count). The molecule has 0 aliphatic heterocycles. The average Bonchev–Trinajstić information content (AvgIpc) is 2.67. The third-order valence-electron chi connectivity index (χ3n) is 2.86. The lowest BCUT2D eigenvalue weighted by Crippen LogP contribution is -2.03. The molecule has 3 nitrogen and oxygen atoms in total. The summed E-state index contributed by atoms with van der Waals surface area (Å²) in [5, 5.41) is 10.3. The molecule has 0 aliphatic rings. The van der Waals surface area contributed by atoms with E-state index in [4.69, 9.17) is 9.15 Å². The van der Waals surface area contributed by atoms with E-state index in [0.29, 0.717) is 28.4 Å². The Bertz CT molecular complexity index is 560. The first kappa shape index (κ1) is 12.6. The van der Waals surface area contributed by atoms with Crippen molar-refractivity contribution in [2.45, 2.75) is 20.0 Å². The van der Waals surface area contributed by atoms with Gasteiger partial charge < -0.3 is 14.3 Å². The molecule has 1 aromatic heterocycles. The molecule has 0 amide bonds. The van der Waals surface area contributed by atoms with E-state index in [-0.39, 0.29) is 0 Å². The third-order valence-corrected chi connectivity index (χ3v) is 2.86. The van der Waals surface area contributed by atoms with E-state index in [1.807, 2.05) is 0 Å². The first-order chi connectivity index (χ1) is 8.52. The third kappa shape index (κ3) is 2.24. The number of hydrogen-bond donors (Lipinski definition) is 1. The van der Waals surface area contributed by atoms with Gasteiger partial charge in [0.2, 0.25) is 0 Å². The van der Waals surface area contributed by atoms with Crippen LogP contribution in [0.3, 0.4) is 0 Å². The highest BCUT2D eigenvalue weighted by Crippen LogP contribution is 2.33. The van der Waals surface area contributed by atoms with Crippen molar-refractivity contribution in [1.29, 1.82) is 0 Å². The molecule has 0 bridgehead atoms. The van der Waals surface area contributed by atoms with E-state index >= 15 is 0 Å². The quantitative estimate of drug-likeness (QED) is 0.910. The normalized spacial score (nSPS) is 12.5. The largest absolute Gasteiger partial charge is 0.496 e. The van der Waals surface area contributed by atoms with Crippen LogP contribution in [-0.4, -0.2) is 12.2 Å². The number of rotatable bonds is 3. The van der Waals surface area contributed by atoms with Gasteiger partial charge in [-0.2, -0.15) is 0 Å². The van der Waals surface area contributed by atoms with Crippen LogP contribution in [0.5, 0.6) is 5.75 Å². The zero-order chi connectivity index (χ0) is 13.3. The van der Waals surface area contributed by atoms with Gasteiger partial charge in [0.1, 0.15) is 29.2 Å². The van der Waals surface area contributed by atoms with Gasteiger partial charge >= 0.3 is 0 Å². The predicted molar refractivity (Wildman–Crippen MR) is 65.2 cm³/mol. The SMILES string of the molecule is COc1ccc(F)cc1C(O)c1cc(C)oc1C. The van der Waals surface area contributed by atoms with Gasteiger partial charge in [-0.3, -0.25) is 0 Å². The monoisotopic (exact) mass is 250 g/mol. The van der Waals surface area contributed by atoms with Gasteiger partial charge in [0.15, 0.2) is 0 Å². The second-order valence-electron chi connectivity index (χ2n) is 4.16. The van der Waals surface area contributed by atoms with Gasteiger partial charge in [-0.25, -0.2) is 4.39 Å². The van der Waals surface area contributed by atoms with Crippen molar-refractivity contribution >= 4 is 0 Å². The Morgan fingerprint density at radius 2 is 1.94 bits per heavy atom. The molecule has 0 fully saturated rings. The Kier molecular flexibility index (Phi) is 3.39. The zero-order valence-electron chi connectivity index (χ0n) is 10.5. The molecule has 1 heterocycles. The van der Waals surface area contributed by atoms with Crippen molar-refractivity contribution in [3.8, 4) is 5.75 Å². The van der Waals surface area contributed by atoms with E-state index < -0.39 is 11.9 Å². The predicted octanol–water partition coefficient (Wildman–Crippen LogP) is 3.13. The maximum absolute atomic E-state index is 13.3. The van der Waals surface area contributed by atoms with Crippen LogP contribution >= 0.6 is 0 Å². The standard InChI is InChI=1S/C14H15FO3/c1-8-6-11(9(2)18-8)14(16)12-7-10(15)4-5-13(12)17-3/h4-7,14,16H,1-3H3. The smallest absolute Gasteiger partial charge is 0.125 e. The molecule has 0 aliphatic carbocycles. The summed E-state index contributed by atoms with van der Waals surface area (Å²) in [5.41, 5.74) is 1.01. The van der Waals surface area contributed by atoms with Gasteiger partial charge in [0, 0.05) is 11.1 Å². The summed E-state index contributed by atoms with van der Waals surface area (Å²) in [4.78, 5) is 0. The van der Waals surface area contributed by atoms with Crippen molar-refractivity contribution in [1.82, 2.24) is 0 Å². The molecule has 0 saturated carbocycles. The number of furan rings is 1. The molecule has 0 saturated heterocycles. The Balaban J connectivity index is 2.48. The lowest BCUT2D eigenvalue weighted by molar-refractivity contribution is 0.212. The minimum absolute atomic E-state index is 0.390. The molecule has 2 aromatic rings. The molecular weight excluding hydrogens is 235 g/mol. The molecule has 4 heteroatoms. The highest BCUT2D eigenvalue weighted by atomic mass is 19.1. The maximum atomic E-state index is 13.3. The van der Waals surface area contributed by atoms with Crippen molar-refractivity contribution in [3.05, 3.63) is 52.7 Å². The first-order valence-corrected chi connectivity index (χ1v) is 5.61. The molecule has 0 spiro atoms. The summed E-state index contributed by atoms with van der Waals surface area (Å²) in [6.07, 6.45) is -0.965. The van der Waals surface area contributed by atoms with Crippen LogP contribution in [0.4, 0.5) is 4.39 Å². The van der Waals surface area contributed by atoms with Gasteiger partial charge in [-0.15, -0.1) is 0 Å². The molecule has 1 aromatic carbocycles. The summed E-state index contributed by atoms with van der Waals surface area (Å²) >= 11 is 0. The van der Waals surface area contributed by atoms with Crippen LogP contribution in [0.1, 0.15) is 28.8 Å². The fraction of sp³-hybridized carbons (Fsp3) is 0.286. The minimum atomic E-state index is -0.965. The first-order valence-electron chi connectivity index (χ1n) is 5.61. The second-order valence-corrected chi connectivity index (χ2v) is 4.16. The molecule has 1 unspecified atom stereocenters. The number of benzene rings is 1. The van der Waals surface area contributed by atoms with Crippen LogP contribution in [0.25, 0.3) is 0 Å². The van der Waals surface area contributed by atoms with E-state index in [0.717, 1.165) is 0 Å². The molecule has 1 atom stereocenters. The fourth-order valence-corrected chi connectivity index (χ4v) is 2.01. The minimum Gasteiger partial charge on any atom is -0.496 e. The number of aliphatic hydroxyl groups excluding tert-OH is 1. The van der Waals surface area contributed by atoms with Crippen molar-refractivity contribution in [2.24, 2.45) is 0 Å². The van der Waals surface area contributed by atoms with Crippen molar-refractivity contribution in [2.75, 3.05) is 7.11 Å². The van der Waals surface area contributed by atoms with E-state index in [9.17, 15) is 9.50 Å². The Morgan fingerprint density at radius 3 is 2.50 bits per heavy atom. The van der Waals surface area contributed by atoms with Gasteiger partial charge in [-0.1, -0.05) is 0 Å². The van der Waals surface area contributed by atoms with Crippen molar-refractivity contribution in [3.63, 3.8) is 0 Å². The summed E-state index contributed by atoms with van der Waals surface area (Å²) < 4.78 is 23.8. The van der Waals surface area contributed by atoms with Gasteiger partial charge in [0.05, 0.1) is 7.11 Å². The number of ether oxygens (including phenoxy) is 1. The molecular formula is C14H15FO3. The summed E-state index contributed by atoms with van der Waals surface area (Å²) in [6, 6.07) is 5.80. The summed E-state index contributed by atoms with van der Waals surface area (Å²) in [5.74, 6) is 1.35. The number of aryl methyl sites for hydroxylation is 2. The van der Waals surface area contributed by atoms with Gasteiger partial charge in [0.25, 0.3) is 0 Å². The molecule has 1 N–H and O–H groups in total. The van der Waals surface area contributed by atoms with E-state index in [2.05, 4.69) is 0 Å². The number of halogens is 1. The summed E-state index contributed by atoms with van der Waals surface area (Å²) in [7, 11) is 1.48. The molecule has 18 heavy (non-hydrogen) atoms. The van der Waals surface area contributed by atoms with E-state index in [1.54, 1.807) is 19.9 Å². The topological polar surface area (TPSA) is 42.6 Å². The molecule has 0 radical (unpaired) electrons. The van der Waals surface area contributed by atoms with Crippen LogP contribution in [0.2, 0.25) is 0 Å². The number of methoxy groups -OCH3 is 1. The van der Waals surface area contributed by atoms with Gasteiger partial charge in [-0.05, 0) is 38.1 Å². The Labute approximate surface area is 105 Å². The Hall–Kier alpha value is -1.81. The highest BCUT2D eigenvalue weighted by molar-refractivity contribution is 5.41. The van der Waals surface area contributed by atoms with Crippen LogP contribution in [0, 0.1) is 19.7 Å². The van der Waals surface area contributed by atoms with Crippen LogP contribution in [0.15, 0.2) is 28.7 Å². The van der Waals surface area contributed by atoms with Crippen molar-refractivity contribution < 1.29 is 18.7 Å². The lowest BCUT2D eigenvalue weighted by Gasteiger charge is -2.14. The number of aliphatic hydroxyl groups is 1. The lowest BCUT2D eigenvalue weighted by atomic mass is 10.0. The molecule has 96 valence electrons. The highest BCUT2D eigenvalue weighted by Gasteiger charge is 2.20. The average molecular weight is 250 g/mol. The fourth-order valence-electron chi connectivity index (χ4n) is 2.01.